The van der Waals surface area contributed by atoms with Crippen LogP contribution < -0.4 is 4.74 Å². The topological polar surface area (TPSA) is 102 Å². The van der Waals surface area contributed by atoms with Crippen LogP contribution in [0.4, 0.5) is 4.79 Å². The second-order valence-electron chi connectivity index (χ2n) is 10.2. The lowest BCUT2D eigenvalue weighted by Crippen LogP contribution is -2.36. The molecule has 1 unspecified atom stereocenters. The van der Waals surface area contributed by atoms with E-state index in [9.17, 15) is 14.7 Å². The van der Waals surface area contributed by atoms with Crippen LogP contribution in [-0.4, -0.2) is 46.8 Å². The Balaban J connectivity index is 1.29. The summed E-state index contributed by atoms with van der Waals surface area (Å²) in [7, 11) is 0. The highest BCUT2D eigenvalue weighted by molar-refractivity contribution is 5.75. The van der Waals surface area contributed by atoms with Gasteiger partial charge in [0, 0.05) is 24.7 Å². The first kappa shape index (κ1) is 28.0. The molecule has 1 amide bonds. The van der Waals surface area contributed by atoms with Crippen molar-refractivity contribution in [3.8, 4) is 17.2 Å². The fourth-order valence-electron chi connectivity index (χ4n) is 4.46. The number of ether oxygens (including phenoxy) is 2. The third-order valence-electron chi connectivity index (χ3n) is 6.65. The van der Waals surface area contributed by atoms with Crippen LogP contribution in [0, 0.1) is 18.8 Å². The Morgan fingerprint density at radius 1 is 1.08 bits per heavy atom. The summed E-state index contributed by atoms with van der Waals surface area (Å²) >= 11 is 0. The van der Waals surface area contributed by atoms with E-state index in [0.717, 1.165) is 33.9 Å². The minimum Gasteiger partial charge on any atom is -0.493 e. The largest absolute Gasteiger partial charge is 0.493 e. The summed E-state index contributed by atoms with van der Waals surface area (Å²) in [6, 6.07) is 17.6. The molecular formula is C31H36N2O6. The highest BCUT2D eigenvalue weighted by Crippen LogP contribution is 2.28. The lowest BCUT2D eigenvalue weighted by atomic mass is 9.89. The average molecular weight is 533 g/mol. The normalized spacial score (nSPS) is 15.2. The monoisotopic (exact) mass is 532 g/mol. The maximum Gasteiger partial charge on any atom is 0.413 e. The average Bonchev–Trinajstić information content (AvgIpc) is 3.31. The fourth-order valence-corrected chi connectivity index (χ4v) is 4.46. The number of nitrogens with zero attached hydrogens (tertiary/aromatic N) is 2. The number of carbonyl (C=O) groups excluding carboxylic acids is 1. The van der Waals surface area contributed by atoms with E-state index < -0.39 is 18.0 Å². The van der Waals surface area contributed by atoms with Crippen molar-refractivity contribution in [3.05, 3.63) is 83.4 Å². The van der Waals surface area contributed by atoms with Crippen molar-refractivity contribution in [1.82, 2.24) is 9.88 Å². The first-order chi connectivity index (χ1) is 18.8. The van der Waals surface area contributed by atoms with Crippen LogP contribution >= 0.6 is 0 Å². The Bertz CT molecular complexity index is 1280. The molecule has 2 heterocycles. The number of aryl methyl sites for hydroxylation is 2. The third kappa shape index (κ3) is 7.72. The van der Waals surface area contributed by atoms with Crippen LogP contribution in [0.5, 0.6) is 5.75 Å². The Kier molecular flexibility index (Phi) is 9.41. The molecule has 0 fully saturated rings. The van der Waals surface area contributed by atoms with Gasteiger partial charge < -0.3 is 19.0 Å². The van der Waals surface area contributed by atoms with Crippen molar-refractivity contribution in [2.75, 3.05) is 19.8 Å². The standard InChI is InChI=1S/C31H36N2O6/c1-21(2)20-38-31(36)33-17-15-27(30(34)35)25(19-33)12-9-23-10-13-26(14-11-23)37-18-16-28-22(3)39-29(32-28)24-7-5-4-6-8-24/h4-8,10-11,13-14,19,21,27H,9,12,15-18,20H2,1-3H3,(H,34,35). The minimum absolute atomic E-state index is 0.236. The van der Waals surface area contributed by atoms with Crippen molar-refractivity contribution in [1.29, 1.82) is 0 Å². The summed E-state index contributed by atoms with van der Waals surface area (Å²) < 4.78 is 17.1. The minimum atomic E-state index is -0.863. The lowest BCUT2D eigenvalue weighted by molar-refractivity contribution is -0.141. The summed E-state index contributed by atoms with van der Waals surface area (Å²) in [5.74, 6) is 0.933. The van der Waals surface area contributed by atoms with Crippen molar-refractivity contribution in [2.45, 2.75) is 46.5 Å². The van der Waals surface area contributed by atoms with E-state index in [2.05, 4.69) is 4.98 Å². The van der Waals surface area contributed by atoms with Crippen LogP contribution in [0.15, 0.2) is 70.8 Å². The number of carbonyl (C=O) groups is 2. The molecule has 0 spiro atoms. The van der Waals surface area contributed by atoms with Crippen molar-refractivity contribution >= 4 is 12.1 Å². The van der Waals surface area contributed by atoms with E-state index in [1.807, 2.05) is 75.4 Å². The van der Waals surface area contributed by atoms with Crippen LogP contribution in [-0.2, 0) is 22.4 Å². The van der Waals surface area contributed by atoms with E-state index in [1.165, 1.54) is 4.90 Å². The summed E-state index contributed by atoms with van der Waals surface area (Å²) in [6.45, 7) is 7.00. The molecule has 0 bridgehead atoms. The Labute approximate surface area is 229 Å². The molecule has 0 aliphatic carbocycles. The molecule has 4 rings (SSSR count). The number of rotatable bonds is 11. The summed E-state index contributed by atoms with van der Waals surface area (Å²) in [5, 5.41) is 9.68. The quantitative estimate of drug-likeness (QED) is 0.310. The number of carboxylic acid groups (broad SMARTS) is 1. The van der Waals surface area contributed by atoms with E-state index in [0.29, 0.717) is 51.3 Å². The molecule has 206 valence electrons. The SMILES string of the molecule is Cc1oc(-c2ccccc2)nc1CCOc1ccc(CCC2=CN(C(=O)OCC(C)C)CCC2C(=O)O)cc1. The number of benzene rings is 2. The van der Waals surface area contributed by atoms with E-state index in [1.54, 1.807) is 6.20 Å². The zero-order chi connectivity index (χ0) is 27.8. The van der Waals surface area contributed by atoms with Crippen LogP contribution in [0.25, 0.3) is 11.5 Å². The highest BCUT2D eigenvalue weighted by atomic mass is 16.6. The predicted molar refractivity (Wildman–Crippen MR) is 147 cm³/mol. The Hall–Kier alpha value is -4.07. The molecule has 0 saturated heterocycles. The molecule has 1 atom stereocenters. The second kappa shape index (κ2) is 13.1. The number of amides is 1. The molecule has 1 aliphatic heterocycles. The zero-order valence-corrected chi connectivity index (χ0v) is 22.8. The maximum absolute atomic E-state index is 12.4. The number of aliphatic carboxylic acids is 1. The smallest absolute Gasteiger partial charge is 0.413 e. The van der Waals surface area contributed by atoms with Crippen molar-refractivity contribution < 1.29 is 28.6 Å². The van der Waals surface area contributed by atoms with Gasteiger partial charge in [0.25, 0.3) is 0 Å². The van der Waals surface area contributed by atoms with Gasteiger partial charge in [-0.1, -0.05) is 44.2 Å². The fraction of sp³-hybridized carbons (Fsp3) is 0.387. The molecule has 0 saturated carbocycles. The highest BCUT2D eigenvalue weighted by Gasteiger charge is 2.29. The van der Waals surface area contributed by atoms with E-state index in [-0.39, 0.29) is 5.92 Å². The lowest BCUT2D eigenvalue weighted by Gasteiger charge is -2.29. The van der Waals surface area contributed by atoms with Gasteiger partial charge in [0.1, 0.15) is 11.5 Å². The van der Waals surface area contributed by atoms with Gasteiger partial charge in [0.15, 0.2) is 0 Å². The molecule has 2 aromatic carbocycles. The van der Waals surface area contributed by atoms with Crippen molar-refractivity contribution in [2.24, 2.45) is 11.8 Å². The molecule has 1 aliphatic rings. The molecule has 1 N–H and O–H groups in total. The van der Waals surface area contributed by atoms with Gasteiger partial charge in [0.2, 0.25) is 5.89 Å². The summed E-state index contributed by atoms with van der Waals surface area (Å²) in [4.78, 5) is 30.3. The number of carboxylic acids is 1. The number of hydrogen-bond donors (Lipinski definition) is 1. The summed E-state index contributed by atoms with van der Waals surface area (Å²) in [5.41, 5.74) is 3.61. The zero-order valence-electron chi connectivity index (χ0n) is 22.8. The van der Waals surface area contributed by atoms with Gasteiger partial charge in [-0.2, -0.15) is 0 Å². The van der Waals surface area contributed by atoms with Gasteiger partial charge in [0.05, 0.1) is 24.8 Å². The maximum atomic E-state index is 12.4. The third-order valence-corrected chi connectivity index (χ3v) is 6.65. The summed E-state index contributed by atoms with van der Waals surface area (Å²) in [6.07, 6.45) is 3.44. The molecular weight excluding hydrogens is 496 g/mol. The van der Waals surface area contributed by atoms with Gasteiger partial charge in [-0.25, -0.2) is 9.78 Å². The first-order valence-corrected chi connectivity index (χ1v) is 13.4. The van der Waals surface area contributed by atoms with Crippen LogP contribution in [0.1, 0.15) is 43.7 Å². The predicted octanol–water partition coefficient (Wildman–Crippen LogP) is 6.29. The van der Waals surface area contributed by atoms with Crippen LogP contribution in [0.3, 0.4) is 0 Å². The van der Waals surface area contributed by atoms with Gasteiger partial charge in [-0.05, 0) is 67.5 Å². The first-order valence-electron chi connectivity index (χ1n) is 13.4. The number of aromatic nitrogens is 1. The van der Waals surface area contributed by atoms with E-state index >= 15 is 0 Å². The molecule has 0 radical (unpaired) electrons. The Morgan fingerprint density at radius 2 is 1.82 bits per heavy atom. The van der Waals surface area contributed by atoms with Crippen molar-refractivity contribution in [3.63, 3.8) is 0 Å². The second-order valence-corrected chi connectivity index (χ2v) is 10.2. The molecule has 3 aromatic rings. The van der Waals surface area contributed by atoms with Gasteiger partial charge >= 0.3 is 12.1 Å². The Morgan fingerprint density at radius 3 is 2.51 bits per heavy atom. The molecule has 39 heavy (non-hydrogen) atoms. The number of oxazole rings is 1. The number of hydrogen-bond acceptors (Lipinski definition) is 6. The van der Waals surface area contributed by atoms with E-state index in [4.69, 9.17) is 13.9 Å². The van der Waals surface area contributed by atoms with Gasteiger partial charge in [-0.15, -0.1) is 0 Å². The molecule has 1 aromatic heterocycles. The molecule has 8 nitrogen and oxygen atoms in total. The van der Waals surface area contributed by atoms with Gasteiger partial charge in [-0.3, -0.25) is 9.69 Å². The van der Waals surface area contributed by atoms with Crippen LogP contribution in [0.2, 0.25) is 0 Å². The molecule has 8 heteroatoms.